The monoisotopic (exact) mass is 231 g/mol. The Bertz CT molecular complexity index is 176. The zero-order valence-corrected chi connectivity index (χ0v) is 10.7. The molecule has 0 unspecified atom stereocenters. The number of nitrogens with two attached hydrogens (primary N) is 1. The molecule has 0 aliphatic carbocycles. The number of rotatable bonds is 9. The van der Waals surface area contributed by atoms with Crippen molar-refractivity contribution in [1.29, 1.82) is 0 Å². The van der Waals surface area contributed by atoms with Crippen LogP contribution >= 0.6 is 0 Å². The molecule has 0 aromatic heterocycles. The van der Waals surface area contributed by atoms with E-state index < -0.39 is 0 Å². The van der Waals surface area contributed by atoms with Crippen LogP contribution in [0, 0.1) is 0 Å². The third-order valence-corrected chi connectivity index (χ3v) is 2.06. The van der Waals surface area contributed by atoms with Crippen molar-refractivity contribution in [2.24, 2.45) is 10.7 Å². The highest BCUT2D eigenvalue weighted by atomic mass is 16.5. The minimum atomic E-state index is 0.571. The molecular weight excluding hydrogens is 206 g/mol. The summed E-state index contributed by atoms with van der Waals surface area (Å²) in [4.78, 5) is 6.19. The quantitative estimate of drug-likeness (QED) is 0.360. The van der Waals surface area contributed by atoms with Gasteiger partial charge in [0.1, 0.15) is 0 Å². The van der Waals surface area contributed by atoms with Gasteiger partial charge in [-0.25, -0.2) is 0 Å². The Balaban J connectivity index is 3.99. The van der Waals surface area contributed by atoms with Crippen molar-refractivity contribution in [3.63, 3.8) is 0 Å². The van der Waals surface area contributed by atoms with Gasteiger partial charge >= 0.3 is 0 Å². The summed E-state index contributed by atoms with van der Waals surface area (Å²) in [6.07, 6.45) is 0. The topological polar surface area (TPSA) is 60.1 Å². The lowest BCUT2D eigenvalue weighted by Gasteiger charge is -2.23. The highest BCUT2D eigenvalue weighted by molar-refractivity contribution is 5.78. The molecule has 2 N–H and O–H groups in total. The van der Waals surface area contributed by atoms with Crippen LogP contribution in [0.4, 0.5) is 0 Å². The largest absolute Gasteiger partial charge is 0.380 e. The van der Waals surface area contributed by atoms with Gasteiger partial charge < -0.3 is 20.1 Å². The number of aliphatic imine (C=N–C) groups is 1. The Morgan fingerprint density at radius 3 is 1.94 bits per heavy atom. The average Bonchev–Trinajstić information content (AvgIpc) is 2.28. The molecule has 0 bridgehead atoms. The average molecular weight is 231 g/mol. The van der Waals surface area contributed by atoms with Crippen LogP contribution in [0.1, 0.15) is 20.8 Å². The van der Waals surface area contributed by atoms with Crippen LogP contribution in [0.15, 0.2) is 4.99 Å². The molecule has 0 fully saturated rings. The van der Waals surface area contributed by atoms with E-state index in [0.29, 0.717) is 25.7 Å². The Kier molecular flexibility index (Phi) is 10.2. The summed E-state index contributed by atoms with van der Waals surface area (Å²) in [6, 6.07) is 0. The molecule has 0 spiro atoms. The Labute approximate surface area is 98.6 Å². The van der Waals surface area contributed by atoms with E-state index in [9.17, 15) is 0 Å². The smallest absolute Gasteiger partial charge is 0.191 e. The predicted octanol–water partition coefficient (Wildman–Crippen LogP) is 0.696. The lowest BCUT2D eigenvalue weighted by molar-refractivity contribution is 0.106. The molecule has 0 rings (SSSR count). The molecule has 0 aliphatic heterocycles. The number of hydrogen-bond acceptors (Lipinski definition) is 3. The Morgan fingerprint density at radius 1 is 1.06 bits per heavy atom. The Hall–Kier alpha value is -0.810. The van der Waals surface area contributed by atoms with E-state index in [1.807, 2.05) is 25.7 Å². The standard InChI is InChI=1S/C11H25N3O2/c1-4-13-11(12)14(7-9-15-5-2)8-10-16-6-3/h4-10H2,1-3H3,(H2,12,13). The van der Waals surface area contributed by atoms with Crippen molar-refractivity contribution >= 4 is 5.96 Å². The number of guanidine groups is 1. The molecule has 5 nitrogen and oxygen atoms in total. The van der Waals surface area contributed by atoms with Crippen molar-refractivity contribution in [2.45, 2.75) is 20.8 Å². The molecule has 0 radical (unpaired) electrons. The summed E-state index contributed by atoms with van der Waals surface area (Å²) in [5, 5.41) is 0. The first kappa shape index (κ1) is 15.2. The van der Waals surface area contributed by atoms with Gasteiger partial charge in [-0.2, -0.15) is 0 Å². The summed E-state index contributed by atoms with van der Waals surface area (Å²) in [7, 11) is 0. The lowest BCUT2D eigenvalue weighted by Crippen LogP contribution is -2.41. The third kappa shape index (κ3) is 7.48. The van der Waals surface area contributed by atoms with Crippen molar-refractivity contribution in [1.82, 2.24) is 4.90 Å². The van der Waals surface area contributed by atoms with Gasteiger partial charge in [0.05, 0.1) is 13.2 Å². The van der Waals surface area contributed by atoms with Gasteiger partial charge in [-0.1, -0.05) is 0 Å². The second kappa shape index (κ2) is 10.7. The summed E-state index contributed by atoms with van der Waals surface area (Å²) >= 11 is 0. The first-order valence-electron chi connectivity index (χ1n) is 5.96. The second-order valence-electron chi connectivity index (χ2n) is 3.21. The molecule has 0 saturated heterocycles. The molecule has 0 amide bonds. The first-order valence-corrected chi connectivity index (χ1v) is 5.96. The minimum Gasteiger partial charge on any atom is -0.380 e. The minimum absolute atomic E-state index is 0.571. The number of ether oxygens (including phenoxy) is 2. The summed E-state index contributed by atoms with van der Waals surface area (Å²) in [6.45, 7) is 10.9. The maximum atomic E-state index is 5.86. The van der Waals surface area contributed by atoms with Crippen LogP contribution in [-0.4, -0.2) is 56.9 Å². The number of nitrogens with zero attached hydrogens (tertiary/aromatic N) is 2. The molecule has 0 saturated carbocycles. The molecule has 0 heterocycles. The van der Waals surface area contributed by atoms with Crippen LogP contribution in [0.3, 0.4) is 0 Å². The highest BCUT2D eigenvalue weighted by Gasteiger charge is 2.06. The van der Waals surface area contributed by atoms with Gasteiger partial charge in [-0.15, -0.1) is 0 Å². The maximum Gasteiger partial charge on any atom is 0.191 e. The van der Waals surface area contributed by atoms with Crippen LogP contribution in [0.5, 0.6) is 0 Å². The van der Waals surface area contributed by atoms with E-state index in [1.165, 1.54) is 0 Å². The zero-order valence-electron chi connectivity index (χ0n) is 10.7. The predicted molar refractivity (Wildman–Crippen MR) is 66.7 cm³/mol. The van der Waals surface area contributed by atoms with Crippen LogP contribution in [0.25, 0.3) is 0 Å². The summed E-state index contributed by atoms with van der Waals surface area (Å²) < 4.78 is 10.6. The molecule has 0 atom stereocenters. The lowest BCUT2D eigenvalue weighted by atomic mass is 10.5. The van der Waals surface area contributed by atoms with E-state index in [2.05, 4.69) is 4.99 Å². The third-order valence-electron chi connectivity index (χ3n) is 2.06. The molecule has 96 valence electrons. The Morgan fingerprint density at radius 2 is 1.56 bits per heavy atom. The van der Waals surface area contributed by atoms with Gasteiger partial charge in [0.2, 0.25) is 0 Å². The van der Waals surface area contributed by atoms with E-state index >= 15 is 0 Å². The van der Waals surface area contributed by atoms with Crippen molar-refractivity contribution in [3.05, 3.63) is 0 Å². The van der Waals surface area contributed by atoms with E-state index in [-0.39, 0.29) is 0 Å². The van der Waals surface area contributed by atoms with Gasteiger partial charge in [0.15, 0.2) is 5.96 Å². The van der Waals surface area contributed by atoms with Crippen molar-refractivity contribution < 1.29 is 9.47 Å². The van der Waals surface area contributed by atoms with E-state index in [4.69, 9.17) is 15.2 Å². The molecular formula is C11H25N3O2. The van der Waals surface area contributed by atoms with E-state index in [0.717, 1.165) is 26.3 Å². The SMILES string of the molecule is CCN=C(N)N(CCOCC)CCOCC. The van der Waals surface area contributed by atoms with Gasteiger partial charge in [-0.3, -0.25) is 4.99 Å². The molecule has 0 aromatic rings. The number of hydrogen-bond donors (Lipinski definition) is 1. The van der Waals surface area contributed by atoms with Gasteiger partial charge in [0.25, 0.3) is 0 Å². The normalized spacial score (nSPS) is 11.8. The van der Waals surface area contributed by atoms with E-state index in [1.54, 1.807) is 0 Å². The van der Waals surface area contributed by atoms with Crippen LogP contribution in [0.2, 0.25) is 0 Å². The second-order valence-corrected chi connectivity index (χ2v) is 3.21. The van der Waals surface area contributed by atoms with Crippen molar-refractivity contribution in [3.8, 4) is 0 Å². The fraction of sp³-hybridized carbons (Fsp3) is 0.909. The van der Waals surface area contributed by atoms with Gasteiger partial charge in [-0.05, 0) is 20.8 Å². The maximum absolute atomic E-state index is 5.86. The van der Waals surface area contributed by atoms with Crippen molar-refractivity contribution in [2.75, 3.05) is 46.1 Å². The molecule has 5 heteroatoms. The van der Waals surface area contributed by atoms with Crippen LogP contribution in [-0.2, 0) is 9.47 Å². The molecule has 0 aromatic carbocycles. The molecule has 16 heavy (non-hydrogen) atoms. The fourth-order valence-electron chi connectivity index (χ4n) is 1.24. The van der Waals surface area contributed by atoms with Crippen LogP contribution < -0.4 is 5.73 Å². The zero-order chi connectivity index (χ0) is 12.2. The summed E-state index contributed by atoms with van der Waals surface area (Å²) in [5.41, 5.74) is 5.86. The molecule has 0 aliphatic rings. The fourth-order valence-corrected chi connectivity index (χ4v) is 1.24. The summed E-state index contributed by atoms with van der Waals surface area (Å²) in [5.74, 6) is 0.571. The van der Waals surface area contributed by atoms with Gasteiger partial charge in [0, 0.05) is 32.8 Å². The first-order chi connectivity index (χ1) is 7.76. The highest BCUT2D eigenvalue weighted by Crippen LogP contribution is 1.91.